The van der Waals surface area contributed by atoms with Crippen LogP contribution in [0.4, 0.5) is 5.69 Å². The van der Waals surface area contributed by atoms with Gasteiger partial charge in [0.05, 0.1) is 24.1 Å². The fourth-order valence-electron chi connectivity index (χ4n) is 4.03. The highest BCUT2D eigenvalue weighted by Crippen LogP contribution is 2.25. The molecule has 2 heterocycles. The van der Waals surface area contributed by atoms with Crippen LogP contribution in [0, 0.1) is 6.92 Å². The maximum absolute atomic E-state index is 13.1. The van der Waals surface area contributed by atoms with Gasteiger partial charge in [-0.2, -0.15) is 0 Å². The van der Waals surface area contributed by atoms with Gasteiger partial charge in [-0.15, -0.1) is 0 Å². The summed E-state index contributed by atoms with van der Waals surface area (Å²) in [5, 5.41) is 1.05. The summed E-state index contributed by atoms with van der Waals surface area (Å²) in [5.41, 5.74) is 2.10. The Morgan fingerprint density at radius 2 is 1.84 bits per heavy atom. The summed E-state index contributed by atoms with van der Waals surface area (Å²) in [6.07, 6.45) is 0. The molecule has 1 aliphatic heterocycles. The molecule has 0 spiro atoms. The number of aromatic nitrogens is 2. The van der Waals surface area contributed by atoms with E-state index in [1.54, 1.807) is 23.1 Å². The monoisotopic (exact) mass is 456 g/mol. The third-order valence-corrected chi connectivity index (χ3v) is 6.06. The lowest BCUT2D eigenvalue weighted by molar-refractivity contribution is 0.0747. The van der Waals surface area contributed by atoms with Crippen LogP contribution in [0.15, 0.2) is 46.0 Å². The molecule has 4 rings (SSSR count). The quantitative estimate of drug-likeness (QED) is 0.636. The van der Waals surface area contributed by atoms with E-state index >= 15 is 0 Å². The van der Waals surface area contributed by atoms with Crippen molar-refractivity contribution in [3.05, 3.63) is 73.4 Å². The van der Waals surface area contributed by atoms with Crippen LogP contribution < -0.4 is 16.1 Å². The number of hydrogen-bond donors (Lipinski definition) is 1. The van der Waals surface area contributed by atoms with Gasteiger partial charge in [-0.3, -0.25) is 14.2 Å². The zero-order valence-corrected chi connectivity index (χ0v) is 18.8. The van der Waals surface area contributed by atoms with Crippen molar-refractivity contribution in [1.29, 1.82) is 0 Å². The first-order valence-corrected chi connectivity index (χ1v) is 10.8. The fourth-order valence-corrected chi connectivity index (χ4v) is 4.20. The van der Waals surface area contributed by atoms with Crippen LogP contribution >= 0.6 is 11.6 Å². The molecule has 9 heteroatoms. The lowest BCUT2D eigenvalue weighted by atomic mass is 10.1. The third kappa shape index (κ3) is 4.28. The van der Waals surface area contributed by atoms with Crippen LogP contribution in [0.3, 0.4) is 0 Å². The first kappa shape index (κ1) is 22.1. The highest BCUT2D eigenvalue weighted by Gasteiger charge is 2.23. The molecule has 32 heavy (non-hydrogen) atoms. The fraction of sp³-hybridized carbons (Fsp3) is 0.348. The third-order valence-electron chi connectivity index (χ3n) is 5.83. The molecule has 0 aliphatic carbocycles. The Labute approximate surface area is 190 Å². The highest BCUT2D eigenvalue weighted by atomic mass is 35.5. The van der Waals surface area contributed by atoms with Crippen LogP contribution in [-0.4, -0.2) is 60.3 Å². The number of nitrogens with zero attached hydrogens (tertiary/aromatic N) is 3. The number of fused-ring (bicyclic) bond motifs is 1. The summed E-state index contributed by atoms with van der Waals surface area (Å²) in [4.78, 5) is 44.7. The average Bonchev–Trinajstić information content (AvgIpc) is 2.80. The van der Waals surface area contributed by atoms with Crippen LogP contribution in [0.25, 0.3) is 10.9 Å². The minimum Gasteiger partial charge on any atom is -0.383 e. The molecule has 168 valence electrons. The molecule has 1 N–H and O–H groups in total. The number of benzene rings is 2. The molecular formula is C23H25ClN4O4. The molecular weight excluding hydrogens is 432 g/mol. The minimum atomic E-state index is -0.519. The minimum absolute atomic E-state index is 0.126. The van der Waals surface area contributed by atoms with Gasteiger partial charge in [-0.1, -0.05) is 17.7 Å². The molecule has 0 atom stereocenters. The lowest BCUT2D eigenvalue weighted by Crippen LogP contribution is -2.49. The number of rotatable bonds is 5. The smallest absolute Gasteiger partial charge is 0.328 e. The Bertz CT molecular complexity index is 1280. The van der Waals surface area contributed by atoms with Gasteiger partial charge in [0.1, 0.15) is 0 Å². The number of carbonyl (C=O) groups is 1. The van der Waals surface area contributed by atoms with E-state index in [-0.39, 0.29) is 19.1 Å². The van der Waals surface area contributed by atoms with Gasteiger partial charge < -0.3 is 19.5 Å². The second kappa shape index (κ2) is 9.18. The number of aryl methyl sites for hydroxylation is 1. The van der Waals surface area contributed by atoms with Crippen LogP contribution in [0.1, 0.15) is 15.9 Å². The van der Waals surface area contributed by atoms with Gasteiger partial charge in [0.25, 0.3) is 11.5 Å². The van der Waals surface area contributed by atoms with E-state index < -0.39 is 11.2 Å². The van der Waals surface area contributed by atoms with Gasteiger partial charge in [-0.05, 0) is 42.8 Å². The van der Waals surface area contributed by atoms with Crippen molar-refractivity contribution in [2.75, 3.05) is 44.8 Å². The number of hydrogen-bond acceptors (Lipinski definition) is 5. The van der Waals surface area contributed by atoms with Crippen LogP contribution in [0.5, 0.6) is 0 Å². The van der Waals surface area contributed by atoms with Gasteiger partial charge in [-0.25, -0.2) is 4.79 Å². The molecule has 0 bridgehead atoms. The zero-order valence-electron chi connectivity index (χ0n) is 18.1. The Hall–Kier alpha value is -3.10. The van der Waals surface area contributed by atoms with Crippen molar-refractivity contribution in [3.8, 4) is 0 Å². The molecule has 1 fully saturated rings. The zero-order chi connectivity index (χ0) is 22.8. The molecule has 8 nitrogen and oxygen atoms in total. The predicted octanol–water partition coefficient (Wildman–Crippen LogP) is 2.26. The number of methoxy groups -OCH3 is 1. The molecule has 1 amide bonds. The first-order valence-electron chi connectivity index (χ1n) is 10.4. The van der Waals surface area contributed by atoms with Crippen molar-refractivity contribution in [2.45, 2.75) is 13.5 Å². The van der Waals surface area contributed by atoms with E-state index in [1.165, 1.54) is 7.11 Å². The Kier molecular flexibility index (Phi) is 6.34. The summed E-state index contributed by atoms with van der Waals surface area (Å²) in [5.74, 6) is -0.126. The maximum Gasteiger partial charge on any atom is 0.328 e. The summed E-state index contributed by atoms with van der Waals surface area (Å²) < 4.78 is 6.06. The SMILES string of the molecule is COCCn1c(=O)[nH]c2cc(C(=O)N3CCN(c4cc(Cl)ccc4C)CC3)ccc2c1=O. The van der Waals surface area contributed by atoms with Gasteiger partial charge in [0, 0.05) is 49.6 Å². The molecule has 2 aromatic carbocycles. The Morgan fingerprint density at radius 1 is 1.09 bits per heavy atom. The number of amides is 1. The van der Waals surface area contributed by atoms with E-state index in [0.29, 0.717) is 47.7 Å². The average molecular weight is 457 g/mol. The number of halogens is 1. The Morgan fingerprint density at radius 3 is 2.56 bits per heavy atom. The largest absolute Gasteiger partial charge is 0.383 e. The standard InChI is InChI=1S/C23H25ClN4O4/c1-15-3-5-17(24)14-20(15)26-7-9-27(10-8-26)21(29)16-4-6-18-19(13-16)25-23(31)28(22(18)30)11-12-32-2/h3-6,13-14H,7-12H2,1-2H3,(H,25,31). The van der Waals surface area contributed by atoms with E-state index in [4.69, 9.17) is 16.3 Å². The second-order valence-electron chi connectivity index (χ2n) is 7.85. The van der Waals surface area contributed by atoms with Crippen LogP contribution in [0.2, 0.25) is 5.02 Å². The molecule has 0 saturated carbocycles. The van der Waals surface area contributed by atoms with Crippen molar-refractivity contribution < 1.29 is 9.53 Å². The lowest BCUT2D eigenvalue weighted by Gasteiger charge is -2.37. The maximum atomic E-state index is 13.1. The molecule has 0 radical (unpaired) electrons. The van der Waals surface area contributed by atoms with Crippen molar-refractivity contribution in [3.63, 3.8) is 0 Å². The van der Waals surface area contributed by atoms with Crippen molar-refractivity contribution in [1.82, 2.24) is 14.5 Å². The van der Waals surface area contributed by atoms with E-state index in [2.05, 4.69) is 9.88 Å². The summed E-state index contributed by atoms with van der Waals surface area (Å²) in [6, 6.07) is 10.6. The Balaban J connectivity index is 1.52. The van der Waals surface area contributed by atoms with E-state index in [1.807, 2.05) is 25.1 Å². The number of carbonyl (C=O) groups excluding carboxylic acids is 1. The number of nitrogens with one attached hydrogen (secondary N) is 1. The summed E-state index contributed by atoms with van der Waals surface area (Å²) in [6.45, 7) is 4.99. The van der Waals surface area contributed by atoms with Crippen molar-refractivity contribution >= 4 is 34.1 Å². The van der Waals surface area contributed by atoms with Gasteiger partial charge in [0.15, 0.2) is 0 Å². The number of aromatic amines is 1. The molecule has 0 unspecified atom stereocenters. The molecule has 1 saturated heterocycles. The number of piperazine rings is 1. The predicted molar refractivity (Wildman–Crippen MR) is 125 cm³/mol. The van der Waals surface area contributed by atoms with Crippen molar-refractivity contribution in [2.24, 2.45) is 0 Å². The van der Waals surface area contributed by atoms with Gasteiger partial charge >= 0.3 is 5.69 Å². The normalized spacial score (nSPS) is 14.2. The van der Waals surface area contributed by atoms with Gasteiger partial charge in [0.2, 0.25) is 0 Å². The number of H-pyrrole nitrogens is 1. The molecule has 3 aromatic rings. The molecule has 1 aromatic heterocycles. The summed E-state index contributed by atoms with van der Waals surface area (Å²) >= 11 is 6.15. The topological polar surface area (TPSA) is 87.6 Å². The second-order valence-corrected chi connectivity index (χ2v) is 8.29. The van der Waals surface area contributed by atoms with E-state index in [0.717, 1.165) is 15.8 Å². The molecule has 1 aliphatic rings. The first-order chi connectivity index (χ1) is 15.4. The van der Waals surface area contributed by atoms with E-state index in [9.17, 15) is 14.4 Å². The number of anilines is 1. The van der Waals surface area contributed by atoms with Crippen LogP contribution in [-0.2, 0) is 11.3 Å². The summed E-state index contributed by atoms with van der Waals surface area (Å²) in [7, 11) is 1.51. The highest BCUT2D eigenvalue weighted by molar-refractivity contribution is 6.30. The number of ether oxygens (including phenoxy) is 1.